The number of nitrogens with one attached hydrogen (secondary N) is 3. The van der Waals surface area contributed by atoms with Crippen LogP contribution in [0.5, 0.6) is 17.2 Å². The maximum atomic E-state index is 10.0. The molecule has 3 saturated heterocycles. The van der Waals surface area contributed by atoms with Crippen molar-refractivity contribution in [1.82, 2.24) is 30.7 Å². The van der Waals surface area contributed by atoms with Gasteiger partial charge in [-0.1, -0.05) is 49.2 Å². The molecule has 3 heterocycles. The van der Waals surface area contributed by atoms with Gasteiger partial charge >= 0.3 is 0 Å². The van der Waals surface area contributed by atoms with Gasteiger partial charge in [0, 0.05) is 64.9 Å². The monoisotopic (exact) mass is 823 g/mol. The molecule has 3 aliphatic rings. The molecule has 0 aromatic heterocycles. The molecule has 59 heavy (non-hydrogen) atoms. The molecule has 330 valence electrons. The summed E-state index contributed by atoms with van der Waals surface area (Å²) in [5.41, 5.74) is 2.49. The zero-order valence-electron chi connectivity index (χ0n) is 35.4. The minimum Gasteiger partial charge on any atom is -0.508 e. The summed E-state index contributed by atoms with van der Waals surface area (Å²) >= 11 is 0. The van der Waals surface area contributed by atoms with Crippen LogP contribution in [0.3, 0.4) is 0 Å². The van der Waals surface area contributed by atoms with Gasteiger partial charge in [0.15, 0.2) is 0 Å². The molecule has 0 aliphatic carbocycles. The second kappa shape index (κ2) is 28.2. The maximum Gasteiger partial charge on any atom is 0.115 e. The van der Waals surface area contributed by atoms with Gasteiger partial charge in [-0.3, -0.25) is 4.90 Å². The highest BCUT2D eigenvalue weighted by atomic mass is 16.5. The number of hydrogen-bond acceptors (Lipinski definition) is 13. The molecule has 0 radical (unpaired) electrons. The Morgan fingerprint density at radius 1 is 0.525 bits per heavy atom. The van der Waals surface area contributed by atoms with E-state index in [1.807, 2.05) is 0 Å². The van der Waals surface area contributed by atoms with Crippen molar-refractivity contribution in [3.63, 3.8) is 0 Å². The van der Waals surface area contributed by atoms with Gasteiger partial charge in [-0.25, -0.2) is 0 Å². The third-order valence-electron chi connectivity index (χ3n) is 11.3. The fraction of sp³-hybridized carbons (Fsp3) is 0.609. The Morgan fingerprint density at radius 2 is 0.932 bits per heavy atom. The highest BCUT2D eigenvalue weighted by Crippen LogP contribution is 2.19. The van der Waals surface area contributed by atoms with Crippen molar-refractivity contribution < 1.29 is 35.4 Å². The Morgan fingerprint density at radius 3 is 1.37 bits per heavy atom. The van der Waals surface area contributed by atoms with Gasteiger partial charge in [-0.05, 0) is 125 Å². The number of phenolic OH excluding ortho intramolecular Hbond substituents is 3. The van der Waals surface area contributed by atoms with Crippen LogP contribution in [0.15, 0.2) is 72.8 Å². The SMILES string of the molecule is CC1CCCCN1CCCNCC(O)c1ccc(O)cc1.Oc1ccc(C(O)CNCCN2CCCCC2)cc1.Oc1ccc(C(O)CNCCN2CCOCC2)cc1. The summed E-state index contributed by atoms with van der Waals surface area (Å²) < 4.78 is 5.29. The van der Waals surface area contributed by atoms with Crippen molar-refractivity contribution in [2.45, 2.75) is 76.2 Å². The van der Waals surface area contributed by atoms with Gasteiger partial charge in [0.1, 0.15) is 17.2 Å². The molecule has 4 atom stereocenters. The topological polar surface area (TPSA) is 176 Å². The number of aliphatic hydroxyl groups is 3. The predicted molar refractivity (Wildman–Crippen MR) is 235 cm³/mol. The number of aliphatic hydroxyl groups excluding tert-OH is 3. The van der Waals surface area contributed by atoms with Crippen LogP contribution in [0.4, 0.5) is 0 Å². The van der Waals surface area contributed by atoms with Crippen LogP contribution in [0.1, 0.15) is 86.9 Å². The van der Waals surface area contributed by atoms with Gasteiger partial charge in [0.05, 0.1) is 31.5 Å². The fourth-order valence-electron chi connectivity index (χ4n) is 7.54. The van der Waals surface area contributed by atoms with E-state index in [1.165, 1.54) is 58.2 Å². The van der Waals surface area contributed by atoms with Crippen LogP contribution in [0, 0.1) is 0 Å². The number of phenols is 3. The van der Waals surface area contributed by atoms with Crippen LogP contribution in [-0.4, -0.2) is 156 Å². The molecule has 0 bridgehead atoms. The van der Waals surface area contributed by atoms with Crippen LogP contribution >= 0.6 is 0 Å². The molecule has 4 unspecified atom stereocenters. The van der Waals surface area contributed by atoms with E-state index < -0.39 is 18.3 Å². The number of aromatic hydroxyl groups is 3. The lowest BCUT2D eigenvalue weighted by Crippen LogP contribution is -2.40. The van der Waals surface area contributed by atoms with Crippen LogP contribution in [0.25, 0.3) is 0 Å². The molecular weight excluding hydrogens is 749 g/mol. The maximum absolute atomic E-state index is 10.0. The summed E-state index contributed by atoms with van der Waals surface area (Å²) in [5, 5.41) is 67.5. The number of nitrogens with zero attached hydrogens (tertiary/aromatic N) is 3. The lowest BCUT2D eigenvalue weighted by Gasteiger charge is -2.33. The van der Waals surface area contributed by atoms with E-state index in [0.29, 0.717) is 19.6 Å². The summed E-state index contributed by atoms with van der Waals surface area (Å²) in [4.78, 5) is 7.40. The van der Waals surface area contributed by atoms with Crippen molar-refractivity contribution in [1.29, 1.82) is 0 Å². The molecule has 13 nitrogen and oxygen atoms in total. The summed E-state index contributed by atoms with van der Waals surface area (Å²) in [6, 6.07) is 20.8. The third-order valence-corrected chi connectivity index (χ3v) is 11.3. The summed E-state index contributed by atoms with van der Waals surface area (Å²) in [5.74, 6) is 0.680. The van der Waals surface area contributed by atoms with Crippen LogP contribution in [0.2, 0.25) is 0 Å². The molecule has 3 aromatic carbocycles. The molecule has 0 amide bonds. The first-order valence-corrected chi connectivity index (χ1v) is 22.0. The molecule has 6 rings (SSSR count). The van der Waals surface area contributed by atoms with Crippen LogP contribution in [-0.2, 0) is 4.74 Å². The molecule has 9 N–H and O–H groups in total. The lowest BCUT2D eigenvalue weighted by molar-refractivity contribution is 0.0380. The average molecular weight is 823 g/mol. The Balaban J connectivity index is 0.000000196. The summed E-state index contributed by atoms with van der Waals surface area (Å²) in [6.07, 6.45) is 7.58. The van der Waals surface area contributed by atoms with Gasteiger partial charge in [-0.15, -0.1) is 0 Å². The average Bonchev–Trinajstić information content (AvgIpc) is 3.26. The highest BCUT2D eigenvalue weighted by molar-refractivity contribution is 5.29. The second-order valence-corrected chi connectivity index (χ2v) is 16.0. The normalized spacial score (nSPS) is 19.4. The number of benzene rings is 3. The standard InChI is InChI=1S/C17H28N2O2.C15H24N2O2.C14H22N2O3/c1-14-5-2-3-11-19(14)12-4-10-18-13-17(21)15-6-8-16(20)9-7-15;18-14-6-4-13(5-7-14)15(19)12-16-8-11-17-9-2-1-3-10-17;17-13-3-1-12(2-4-13)14(18)11-15-5-6-16-7-9-19-10-8-16/h6-9,14,17-18,20-21H,2-5,10-13H2,1H3;4-7,15-16,18-19H,1-3,8-12H2;1-4,14-15,17-18H,5-11H2. The van der Waals surface area contributed by atoms with E-state index in [0.717, 1.165) is 94.7 Å². The Bertz CT molecular complexity index is 1420. The van der Waals surface area contributed by atoms with Crippen molar-refractivity contribution >= 4 is 0 Å². The number of likely N-dealkylation sites (tertiary alicyclic amines) is 2. The number of hydrogen-bond donors (Lipinski definition) is 9. The quantitative estimate of drug-likeness (QED) is 0.0791. The van der Waals surface area contributed by atoms with E-state index >= 15 is 0 Å². The number of rotatable bonds is 19. The number of morpholine rings is 1. The van der Waals surface area contributed by atoms with Crippen molar-refractivity contribution in [2.75, 3.05) is 105 Å². The summed E-state index contributed by atoms with van der Waals surface area (Å²) in [6.45, 7) is 17.1. The van der Waals surface area contributed by atoms with E-state index in [1.54, 1.807) is 72.8 Å². The van der Waals surface area contributed by atoms with E-state index in [-0.39, 0.29) is 17.2 Å². The van der Waals surface area contributed by atoms with Crippen molar-refractivity contribution in [2.24, 2.45) is 0 Å². The van der Waals surface area contributed by atoms with Crippen LogP contribution < -0.4 is 16.0 Å². The van der Waals surface area contributed by atoms with E-state index in [4.69, 9.17) is 4.74 Å². The fourth-order valence-corrected chi connectivity index (χ4v) is 7.54. The largest absolute Gasteiger partial charge is 0.508 e. The first-order chi connectivity index (χ1) is 28.7. The summed E-state index contributed by atoms with van der Waals surface area (Å²) in [7, 11) is 0. The molecule has 3 aromatic rings. The minimum atomic E-state index is -0.537. The number of piperidine rings is 2. The highest BCUT2D eigenvalue weighted by Gasteiger charge is 2.17. The zero-order chi connectivity index (χ0) is 42.1. The first kappa shape index (κ1) is 48.3. The Hall–Kier alpha value is -3.34. The second-order valence-electron chi connectivity index (χ2n) is 16.0. The van der Waals surface area contributed by atoms with Gasteiger partial charge in [-0.2, -0.15) is 0 Å². The third kappa shape index (κ3) is 19.7. The zero-order valence-corrected chi connectivity index (χ0v) is 35.4. The minimum absolute atomic E-state index is 0.219. The Kier molecular flexibility index (Phi) is 23.1. The molecule has 13 heteroatoms. The number of ether oxygens (including phenoxy) is 1. The molecule has 0 spiro atoms. The van der Waals surface area contributed by atoms with Crippen molar-refractivity contribution in [3.8, 4) is 17.2 Å². The Labute approximate surface area is 353 Å². The smallest absolute Gasteiger partial charge is 0.115 e. The molecule has 3 aliphatic heterocycles. The lowest BCUT2D eigenvalue weighted by atomic mass is 10.0. The van der Waals surface area contributed by atoms with E-state index in [2.05, 4.69) is 37.6 Å². The molecule has 3 fully saturated rings. The first-order valence-electron chi connectivity index (χ1n) is 22.0. The van der Waals surface area contributed by atoms with Gasteiger partial charge in [0.25, 0.3) is 0 Å². The molecule has 0 saturated carbocycles. The van der Waals surface area contributed by atoms with Gasteiger partial charge < -0.3 is 61.1 Å². The molecular formula is C46H74N6O7. The van der Waals surface area contributed by atoms with E-state index in [9.17, 15) is 30.6 Å². The van der Waals surface area contributed by atoms with Gasteiger partial charge in [0.2, 0.25) is 0 Å². The van der Waals surface area contributed by atoms with Crippen molar-refractivity contribution in [3.05, 3.63) is 89.5 Å². The predicted octanol–water partition coefficient (Wildman–Crippen LogP) is 4.13.